The van der Waals surface area contributed by atoms with Crippen molar-refractivity contribution in [2.45, 2.75) is 38.3 Å². The molecule has 1 saturated carbocycles. The number of nitrogens with one attached hydrogen (secondary N) is 1. The summed E-state index contributed by atoms with van der Waals surface area (Å²) in [6, 6.07) is 8.52. The van der Waals surface area contributed by atoms with E-state index in [0.29, 0.717) is 46.4 Å². The molecule has 2 aromatic carbocycles. The third-order valence-electron chi connectivity index (χ3n) is 6.30. The van der Waals surface area contributed by atoms with Crippen molar-refractivity contribution >= 4 is 16.9 Å². The summed E-state index contributed by atoms with van der Waals surface area (Å²) in [5.74, 6) is 1.37. The van der Waals surface area contributed by atoms with Crippen LogP contribution in [-0.2, 0) is 11.3 Å². The first-order valence-corrected chi connectivity index (χ1v) is 11.4. The van der Waals surface area contributed by atoms with E-state index in [1.165, 1.54) is 12.4 Å². The van der Waals surface area contributed by atoms with Crippen molar-refractivity contribution in [3.05, 3.63) is 42.5 Å². The number of aromatic amines is 1. The van der Waals surface area contributed by atoms with E-state index in [4.69, 9.17) is 20.2 Å². The summed E-state index contributed by atoms with van der Waals surface area (Å²) in [7, 11) is 0. The van der Waals surface area contributed by atoms with Gasteiger partial charge < -0.3 is 19.8 Å². The molecule has 1 amide bonds. The van der Waals surface area contributed by atoms with Crippen molar-refractivity contribution < 1.29 is 18.7 Å². The summed E-state index contributed by atoms with van der Waals surface area (Å²) in [4.78, 5) is 20.8. The molecule has 3 heterocycles. The van der Waals surface area contributed by atoms with Crippen LogP contribution in [0.1, 0.15) is 25.7 Å². The number of hydrogen-bond donors (Lipinski definition) is 2. The lowest BCUT2D eigenvalue weighted by molar-refractivity contribution is -0.125. The summed E-state index contributed by atoms with van der Waals surface area (Å²) < 4.78 is 29.1. The zero-order chi connectivity index (χ0) is 23.2. The number of nitrogens with two attached hydrogens (primary N) is 1. The SMILES string of the molecule is NC(=O)[C@@H](Oc1cc2c3c(c1)nc(-c1ccc(-c4ncn[nH]4)c(F)c1)n3CCCCO2)C1CC1. The average molecular weight is 462 g/mol. The highest BCUT2D eigenvalue weighted by Crippen LogP contribution is 2.39. The van der Waals surface area contributed by atoms with Gasteiger partial charge in [-0.2, -0.15) is 5.10 Å². The molecule has 1 fully saturated rings. The molecular formula is C24H23FN6O3. The van der Waals surface area contributed by atoms with E-state index in [1.807, 2.05) is 6.07 Å². The number of ether oxygens (including phenoxy) is 2. The maximum absolute atomic E-state index is 15.0. The summed E-state index contributed by atoms with van der Waals surface area (Å²) in [5, 5.41) is 6.48. The molecule has 0 spiro atoms. The van der Waals surface area contributed by atoms with Crippen molar-refractivity contribution in [1.29, 1.82) is 0 Å². The third kappa shape index (κ3) is 3.64. The van der Waals surface area contributed by atoms with Crippen LogP contribution in [0.3, 0.4) is 0 Å². The monoisotopic (exact) mass is 462 g/mol. The van der Waals surface area contributed by atoms with Crippen molar-refractivity contribution in [3.8, 4) is 34.3 Å². The number of primary amides is 1. The number of H-pyrrole nitrogens is 1. The molecule has 0 bridgehead atoms. The largest absolute Gasteiger partial charge is 0.491 e. The van der Waals surface area contributed by atoms with E-state index in [2.05, 4.69) is 19.7 Å². The quantitative estimate of drug-likeness (QED) is 0.453. The number of imidazole rings is 1. The summed E-state index contributed by atoms with van der Waals surface area (Å²) >= 11 is 0. The topological polar surface area (TPSA) is 121 Å². The first-order valence-electron chi connectivity index (χ1n) is 11.4. The fraction of sp³-hybridized carbons (Fsp3) is 0.333. The number of amides is 1. The molecule has 0 radical (unpaired) electrons. The minimum Gasteiger partial charge on any atom is -0.491 e. The number of hydrogen-bond acceptors (Lipinski definition) is 6. The van der Waals surface area contributed by atoms with Gasteiger partial charge in [0.15, 0.2) is 11.9 Å². The van der Waals surface area contributed by atoms with Crippen molar-refractivity contribution in [3.63, 3.8) is 0 Å². The third-order valence-corrected chi connectivity index (χ3v) is 6.30. The number of carbonyl (C=O) groups is 1. The van der Waals surface area contributed by atoms with E-state index in [1.54, 1.807) is 18.2 Å². The Morgan fingerprint density at radius 3 is 2.88 bits per heavy atom. The first-order chi connectivity index (χ1) is 16.6. The molecule has 6 rings (SSSR count). The number of benzene rings is 2. The second kappa shape index (κ2) is 8.12. The molecule has 1 aliphatic carbocycles. The van der Waals surface area contributed by atoms with E-state index < -0.39 is 17.8 Å². The van der Waals surface area contributed by atoms with Gasteiger partial charge in [0, 0.05) is 30.2 Å². The van der Waals surface area contributed by atoms with Gasteiger partial charge in [0.1, 0.15) is 35.0 Å². The first kappa shape index (κ1) is 20.6. The van der Waals surface area contributed by atoms with E-state index >= 15 is 0 Å². The van der Waals surface area contributed by atoms with Crippen LogP contribution in [-0.4, -0.2) is 43.4 Å². The second-order valence-corrected chi connectivity index (χ2v) is 8.74. The number of aromatic nitrogens is 5. The van der Waals surface area contributed by atoms with Gasteiger partial charge >= 0.3 is 0 Å². The number of carbonyl (C=O) groups excluding carboxylic acids is 1. The van der Waals surface area contributed by atoms with Crippen LogP contribution in [0, 0.1) is 11.7 Å². The lowest BCUT2D eigenvalue weighted by atomic mass is 10.1. The summed E-state index contributed by atoms with van der Waals surface area (Å²) in [6.45, 7) is 1.29. The summed E-state index contributed by atoms with van der Waals surface area (Å²) in [6.07, 6.45) is 4.29. The lowest BCUT2D eigenvalue weighted by Gasteiger charge is -2.19. The lowest BCUT2D eigenvalue weighted by Crippen LogP contribution is -2.35. The van der Waals surface area contributed by atoms with E-state index in [-0.39, 0.29) is 5.92 Å². The normalized spacial score (nSPS) is 16.5. The highest BCUT2D eigenvalue weighted by atomic mass is 19.1. The van der Waals surface area contributed by atoms with Gasteiger partial charge in [0.05, 0.1) is 17.7 Å². The van der Waals surface area contributed by atoms with E-state index in [0.717, 1.165) is 37.7 Å². The fourth-order valence-corrected chi connectivity index (χ4v) is 4.49. The number of nitrogens with zero attached hydrogens (tertiary/aromatic N) is 4. The van der Waals surface area contributed by atoms with Crippen molar-refractivity contribution in [1.82, 2.24) is 24.7 Å². The molecule has 1 aliphatic heterocycles. The number of aryl methyl sites for hydroxylation is 1. The minimum atomic E-state index is -0.669. The predicted molar refractivity (Wildman–Crippen MR) is 122 cm³/mol. The molecule has 4 aromatic rings. The minimum absolute atomic E-state index is 0.149. The van der Waals surface area contributed by atoms with Gasteiger partial charge in [-0.3, -0.25) is 9.89 Å². The van der Waals surface area contributed by atoms with Crippen LogP contribution in [0.4, 0.5) is 4.39 Å². The standard InChI is InChI=1S/C24H23FN6O3/c25-17-9-14(5-6-16(17)23-27-12-28-30-23)24-29-18-10-15(34-21(22(26)32)13-3-4-13)11-19-20(18)31(24)7-1-2-8-33-19/h5-6,9-13,21H,1-4,7-8H2,(H2,26,32)(H,27,28,30)/t21-/m0/s1. The number of halogens is 1. The molecule has 174 valence electrons. The van der Waals surface area contributed by atoms with Crippen LogP contribution < -0.4 is 15.2 Å². The van der Waals surface area contributed by atoms with Gasteiger partial charge in [-0.05, 0) is 37.8 Å². The molecule has 3 N–H and O–H groups in total. The molecule has 0 unspecified atom stereocenters. The van der Waals surface area contributed by atoms with Gasteiger partial charge in [-0.25, -0.2) is 14.4 Å². The highest BCUT2D eigenvalue weighted by Gasteiger charge is 2.37. The molecule has 1 atom stereocenters. The van der Waals surface area contributed by atoms with Gasteiger partial charge in [-0.1, -0.05) is 6.07 Å². The van der Waals surface area contributed by atoms with Crippen LogP contribution in [0.2, 0.25) is 0 Å². The average Bonchev–Trinajstić information content (AvgIpc) is 3.35. The maximum atomic E-state index is 15.0. The van der Waals surface area contributed by atoms with Crippen LogP contribution in [0.15, 0.2) is 36.7 Å². The number of rotatable bonds is 6. The predicted octanol–water partition coefficient (Wildman–Crippen LogP) is 3.44. The van der Waals surface area contributed by atoms with E-state index in [9.17, 15) is 9.18 Å². The van der Waals surface area contributed by atoms with Crippen LogP contribution in [0.5, 0.6) is 11.5 Å². The second-order valence-electron chi connectivity index (χ2n) is 8.74. The Balaban J connectivity index is 1.45. The Labute approximate surface area is 194 Å². The molecule has 10 heteroatoms. The van der Waals surface area contributed by atoms with Crippen LogP contribution >= 0.6 is 0 Å². The molecular weight excluding hydrogens is 439 g/mol. The van der Waals surface area contributed by atoms with Gasteiger partial charge in [0.2, 0.25) is 0 Å². The molecule has 34 heavy (non-hydrogen) atoms. The van der Waals surface area contributed by atoms with Gasteiger partial charge in [0.25, 0.3) is 5.91 Å². The highest BCUT2D eigenvalue weighted by molar-refractivity contribution is 5.88. The Morgan fingerprint density at radius 1 is 1.26 bits per heavy atom. The molecule has 2 aromatic heterocycles. The van der Waals surface area contributed by atoms with Crippen molar-refractivity contribution in [2.24, 2.45) is 11.7 Å². The summed E-state index contributed by atoms with van der Waals surface area (Å²) in [5.41, 5.74) is 8.02. The zero-order valence-corrected chi connectivity index (χ0v) is 18.3. The molecule has 9 nitrogen and oxygen atoms in total. The maximum Gasteiger partial charge on any atom is 0.258 e. The smallest absolute Gasteiger partial charge is 0.258 e. The van der Waals surface area contributed by atoms with Crippen molar-refractivity contribution in [2.75, 3.05) is 6.61 Å². The Bertz CT molecular complexity index is 1380. The molecule has 2 aliphatic rings. The Morgan fingerprint density at radius 2 is 2.15 bits per heavy atom. The van der Waals surface area contributed by atoms with Crippen LogP contribution in [0.25, 0.3) is 33.8 Å². The Kier molecular flexibility index (Phi) is 4.93. The Hall–Kier alpha value is -3.95. The van der Waals surface area contributed by atoms with Gasteiger partial charge in [-0.15, -0.1) is 0 Å². The zero-order valence-electron chi connectivity index (χ0n) is 18.3. The molecule has 0 saturated heterocycles. The fourth-order valence-electron chi connectivity index (χ4n) is 4.49.